The van der Waals surface area contributed by atoms with E-state index in [9.17, 15) is 9.59 Å². The van der Waals surface area contributed by atoms with Gasteiger partial charge in [-0.2, -0.15) is 0 Å². The SMILES string of the molecule is CCc1ccccc1N1CC(C(=O)NCCC(C)N)CC1=O. The third kappa shape index (κ3) is 3.85. The van der Waals surface area contributed by atoms with Crippen LogP contribution in [-0.4, -0.2) is 30.9 Å². The minimum Gasteiger partial charge on any atom is -0.356 e. The minimum atomic E-state index is -0.273. The second-order valence-corrected chi connectivity index (χ2v) is 5.94. The van der Waals surface area contributed by atoms with Crippen molar-refractivity contribution in [3.8, 4) is 0 Å². The highest BCUT2D eigenvalue weighted by Gasteiger charge is 2.35. The predicted molar refractivity (Wildman–Crippen MR) is 87.6 cm³/mol. The summed E-state index contributed by atoms with van der Waals surface area (Å²) in [6.07, 6.45) is 1.89. The van der Waals surface area contributed by atoms with Gasteiger partial charge in [0.2, 0.25) is 11.8 Å². The summed E-state index contributed by atoms with van der Waals surface area (Å²) in [6.45, 7) is 5.00. The Hall–Kier alpha value is -1.88. The zero-order valence-electron chi connectivity index (χ0n) is 13.3. The number of hydrogen-bond donors (Lipinski definition) is 2. The van der Waals surface area contributed by atoms with E-state index in [4.69, 9.17) is 5.73 Å². The maximum Gasteiger partial charge on any atom is 0.227 e. The zero-order chi connectivity index (χ0) is 16.1. The summed E-state index contributed by atoms with van der Waals surface area (Å²) >= 11 is 0. The van der Waals surface area contributed by atoms with Crippen LogP contribution in [0.5, 0.6) is 0 Å². The van der Waals surface area contributed by atoms with Crippen LogP contribution in [-0.2, 0) is 16.0 Å². The summed E-state index contributed by atoms with van der Waals surface area (Å²) in [6, 6.07) is 7.95. The molecule has 3 N–H and O–H groups in total. The van der Waals surface area contributed by atoms with Crippen LogP contribution in [0.25, 0.3) is 0 Å². The maximum absolute atomic E-state index is 12.3. The lowest BCUT2D eigenvalue weighted by Crippen LogP contribution is -2.35. The summed E-state index contributed by atoms with van der Waals surface area (Å²) in [5.41, 5.74) is 7.74. The number of nitrogens with zero attached hydrogens (tertiary/aromatic N) is 1. The van der Waals surface area contributed by atoms with Crippen LogP contribution in [0.1, 0.15) is 32.3 Å². The molecule has 22 heavy (non-hydrogen) atoms. The van der Waals surface area contributed by atoms with E-state index < -0.39 is 0 Å². The van der Waals surface area contributed by atoms with Gasteiger partial charge in [0.1, 0.15) is 0 Å². The fraction of sp³-hybridized carbons (Fsp3) is 0.529. The van der Waals surface area contributed by atoms with Gasteiger partial charge in [0.05, 0.1) is 5.92 Å². The maximum atomic E-state index is 12.3. The molecule has 1 heterocycles. The molecule has 1 aromatic carbocycles. The van der Waals surface area contributed by atoms with Crippen molar-refractivity contribution in [2.75, 3.05) is 18.0 Å². The second kappa shape index (κ2) is 7.40. The number of nitrogens with two attached hydrogens (primary N) is 1. The molecule has 2 rings (SSSR count). The van der Waals surface area contributed by atoms with Crippen molar-refractivity contribution in [1.29, 1.82) is 0 Å². The quantitative estimate of drug-likeness (QED) is 0.835. The lowest BCUT2D eigenvalue weighted by atomic mass is 10.1. The average molecular weight is 303 g/mol. The molecule has 0 aliphatic carbocycles. The van der Waals surface area contributed by atoms with Crippen LogP contribution < -0.4 is 16.0 Å². The first-order chi connectivity index (χ1) is 10.5. The molecule has 1 saturated heterocycles. The first kappa shape index (κ1) is 16.5. The largest absolute Gasteiger partial charge is 0.356 e. The molecule has 5 nitrogen and oxygen atoms in total. The number of benzene rings is 1. The molecular formula is C17H25N3O2. The van der Waals surface area contributed by atoms with Crippen molar-refractivity contribution in [3.63, 3.8) is 0 Å². The van der Waals surface area contributed by atoms with Gasteiger partial charge in [0, 0.05) is 31.2 Å². The molecule has 0 radical (unpaired) electrons. The topological polar surface area (TPSA) is 75.4 Å². The van der Waals surface area contributed by atoms with E-state index in [0.29, 0.717) is 13.1 Å². The van der Waals surface area contributed by atoms with E-state index in [-0.39, 0.29) is 30.2 Å². The Balaban J connectivity index is 2.00. The van der Waals surface area contributed by atoms with Crippen molar-refractivity contribution in [1.82, 2.24) is 5.32 Å². The highest BCUT2D eigenvalue weighted by molar-refractivity contribution is 6.00. The van der Waals surface area contributed by atoms with Crippen molar-refractivity contribution >= 4 is 17.5 Å². The summed E-state index contributed by atoms with van der Waals surface area (Å²) in [4.78, 5) is 26.2. The van der Waals surface area contributed by atoms with Gasteiger partial charge in [-0.25, -0.2) is 0 Å². The van der Waals surface area contributed by atoms with Crippen LogP contribution in [0, 0.1) is 5.92 Å². The standard InChI is InChI=1S/C17H25N3O2/c1-3-13-6-4-5-7-15(13)20-11-14(10-16(20)21)17(22)19-9-8-12(2)18/h4-7,12,14H,3,8-11,18H2,1-2H3,(H,19,22). The molecule has 120 valence electrons. The second-order valence-electron chi connectivity index (χ2n) is 5.94. The molecule has 0 spiro atoms. The molecule has 1 aromatic rings. The molecule has 2 unspecified atom stereocenters. The van der Waals surface area contributed by atoms with Crippen molar-refractivity contribution in [3.05, 3.63) is 29.8 Å². The fourth-order valence-corrected chi connectivity index (χ4v) is 2.76. The van der Waals surface area contributed by atoms with E-state index in [1.165, 1.54) is 0 Å². The number of carbonyl (C=O) groups excluding carboxylic acids is 2. The Bertz CT molecular complexity index is 542. The van der Waals surface area contributed by atoms with Crippen LogP contribution >= 0.6 is 0 Å². The molecule has 1 fully saturated rings. The summed E-state index contributed by atoms with van der Waals surface area (Å²) in [5, 5.41) is 2.88. The van der Waals surface area contributed by atoms with Gasteiger partial charge in [0.25, 0.3) is 0 Å². The predicted octanol–water partition coefficient (Wildman–Crippen LogP) is 1.46. The van der Waals surface area contributed by atoms with E-state index in [1.54, 1.807) is 4.90 Å². The van der Waals surface area contributed by atoms with Gasteiger partial charge in [-0.3, -0.25) is 9.59 Å². The summed E-state index contributed by atoms with van der Waals surface area (Å²) < 4.78 is 0. The number of hydrogen-bond acceptors (Lipinski definition) is 3. The molecule has 0 bridgehead atoms. The Labute approximate surface area is 131 Å². The number of aryl methyl sites for hydroxylation is 1. The monoisotopic (exact) mass is 303 g/mol. The van der Waals surface area contributed by atoms with Gasteiger partial charge in [0.15, 0.2) is 0 Å². The van der Waals surface area contributed by atoms with Crippen molar-refractivity contribution < 1.29 is 9.59 Å². The van der Waals surface area contributed by atoms with E-state index in [0.717, 1.165) is 24.1 Å². The number of anilines is 1. The number of para-hydroxylation sites is 1. The highest BCUT2D eigenvalue weighted by Crippen LogP contribution is 2.28. The molecule has 2 atom stereocenters. The highest BCUT2D eigenvalue weighted by atomic mass is 16.2. The van der Waals surface area contributed by atoms with Gasteiger partial charge >= 0.3 is 0 Å². The summed E-state index contributed by atoms with van der Waals surface area (Å²) in [5.74, 6) is -0.302. The molecule has 2 amide bonds. The first-order valence-corrected chi connectivity index (χ1v) is 7.94. The normalized spacial score (nSPS) is 19.3. The number of rotatable bonds is 6. The third-order valence-corrected chi connectivity index (χ3v) is 4.06. The Morgan fingerprint density at radius 1 is 1.45 bits per heavy atom. The average Bonchev–Trinajstić information content (AvgIpc) is 2.88. The zero-order valence-corrected chi connectivity index (χ0v) is 13.3. The van der Waals surface area contributed by atoms with E-state index in [2.05, 4.69) is 12.2 Å². The van der Waals surface area contributed by atoms with Gasteiger partial charge < -0.3 is 16.0 Å². The van der Waals surface area contributed by atoms with Gasteiger partial charge in [-0.15, -0.1) is 0 Å². The smallest absolute Gasteiger partial charge is 0.227 e. The Morgan fingerprint density at radius 2 is 2.18 bits per heavy atom. The molecule has 1 aliphatic rings. The minimum absolute atomic E-state index is 0.0215. The van der Waals surface area contributed by atoms with E-state index in [1.807, 2.05) is 31.2 Å². The number of amides is 2. The van der Waals surface area contributed by atoms with Crippen molar-refractivity contribution in [2.45, 2.75) is 39.2 Å². The fourth-order valence-electron chi connectivity index (χ4n) is 2.76. The molecule has 5 heteroatoms. The summed E-state index contributed by atoms with van der Waals surface area (Å²) in [7, 11) is 0. The number of nitrogens with one attached hydrogen (secondary N) is 1. The van der Waals surface area contributed by atoms with Gasteiger partial charge in [-0.1, -0.05) is 25.1 Å². The van der Waals surface area contributed by atoms with Gasteiger partial charge in [-0.05, 0) is 31.4 Å². The lowest BCUT2D eigenvalue weighted by molar-refractivity contribution is -0.126. The molecule has 0 aromatic heterocycles. The number of carbonyl (C=O) groups is 2. The third-order valence-electron chi connectivity index (χ3n) is 4.06. The molecule has 0 saturated carbocycles. The first-order valence-electron chi connectivity index (χ1n) is 7.94. The van der Waals surface area contributed by atoms with Crippen LogP contribution in [0.4, 0.5) is 5.69 Å². The molecule has 1 aliphatic heterocycles. The Kier molecular flexibility index (Phi) is 5.55. The Morgan fingerprint density at radius 3 is 2.86 bits per heavy atom. The van der Waals surface area contributed by atoms with Crippen LogP contribution in [0.3, 0.4) is 0 Å². The van der Waals surface area contributed by atoms with Crippen LogP contribution in [0.15, 0.2) is 24.3 Å². The van der Waals surface area contributed by atoms with Crippen LogP contribution in [0.2, 0.25) is 0 Å². The van der Waals surface area contributed by atoms with E-state index >= 15 is 0 Å². The molecular weight excluding hydrogens is 278 g/mol. The lowest BCUT2D eigenvalue weighted by Gasteiger charge is -2.20. The van der Waals surface area contributed by atoms with Crippen molar-refractivity contribution in [2.24, 2.45) is 11.7 Å².